The number of carbonyl (C=O) groups is 1. The second-order valence-corrected chi connectivity index (χ2v) is 5.25. The summed E-state index contributed by atoms with van der Waals surface area (Å²) in [5.41, 5.74) is 0.786. The zero-order chi connectivity index (χ0) is 13.1. The minimum Gasteiger partial charge on any atom is -0.340 e. The number of benzene rings is 1. The third-order valence-electron chi connectivity index (χ3n) is 2.90. The molecule has 1 aromatic rings. The third-order valence-corrected chi connectivity index (χ3v) is 3.64. The molecule has 0 heterocycles. The summed E-state index contributed by atoms with van der Waals surface area (Å²) in [5.74, 6) is 0.166. The van der Waals surface area contributed by atoms with Crippen LogP contribution in [0, 0.1) is 17.2 Å². The highest BCUT2D eigenvalue weighted by Gasteiger charge is 2.32. The molecule has 0 bridgehead atoms. The molecule has 0 aromatic heterocycles. The number of amides is 1. The lowest BCUT2D eigenvalue weighted by atomic mass is 10.1. The fourth-order valence-corrected chi connectivity index (χ4v) is 2.07. The van der Waals surface area contributed by atoms with Gasteiger partial charge in [-0.25, -0.2) is 0 Å². The van der Waals surface area contributed by atoms with E-state index in [9.17, 15) is 4.79 Å². The molecule has 1 atom stereocenters. The maximum atomic E-state index is 11.8. The standard InChI is InChI=1S/C13H12Cl2N2O/c14-10-4-1-8(5-11(10)15)6-13(18)17-12(7-16)9-2-3-9/h1,4-5,9,12H,2-3,6H2,(H,17,18). The molecule has 94 valence electrons. The topological polar surface area (TPSA) is 52.9 Å². The molecule has 0 aliphatic heterocycles. The van der Waals surface area contributed by atoms with Crippen molar-refractivity contribution in [3.63, 3.8) is 0 Å². The Morgan fingerprint density at radius 3 is 2.72 bits per heavy atom. The van der Waals surface area contributed by atoms with Crippen molar-refractivity contribution in [1.82, 2.24) is 5.32 Å². The van der Waals surface area contributed by atoms with Crippen molar-refractivity contribution in [1.29, 1.82) is 5.26 Å². The van der Waals surface area contributed by atoms with E-state index in [0.717, 1.165) is 18.4 Å². The lowest BCUT2D eigenvalue weighted by molar-refractivity contribution is -0.120. The van der Waals surface area contributed by atoms with Crippen LogP contribution >= 0.6 is 23.2 Å². The van der Waals surface area contributed by atoms with E-state index in [0.29, 0.717) is 16.0 Å². The molecule has 1 fully saturated rings. The normalized spacial score (nSPS) is 15.8. The molecule has 2 rings (SSSR count). The Bertz CT molecular complexity index is 506. The molecule has 1 aliphatic carbocycles. The monoisotopic (exact) mass is 282 g/mol. The molecule has 5 heteroatoms. The summed E-state index contributed by atoms with van der Waals surface area (Å²) in [4.78, 5) is 11.8. The van der Waals surface area contributed by atoms with Crippen LogP contribution < -0.4 is 5.32 Å². The SMILES string of the molecule is N#CC(NC(=O)Cc1ccc(Cl)c(Cl)c1)C1CC1. The molecule has 18 heavy (non-hydrogen) atoms. The van der Waals surface area contributed by atoms with Crippen molar-refractivity contribution in [3.8, 4) is 6.07 Å². The average molecular weight is 283 g/mol. The second-order valence-electron chi connectivity index (χ2n) is 4.44. The van der Waals surface area contributed by atoms with Crippen LogP contribution in [0.25, 0.3) is 0 Å². The van der Waals surface area contributed by atoms with Crippen molar-refractivity contribution in [2.24, 2.45) is 5.92 Å². The van der Waals surface area contributed by atoms with Crippen LogP contribution in [-0.2, 0) is 11.2 Å². The van der Waals surface area contributed by atoms with Crippen molar-refractivity contribution in [2.75, 3.05) is 0 Å². The first-order valence-corrected chi connectivity index (χ1v) is 6.48. The number of nitrogens with one attached hydrogen (secondary N) is 1. The molecule has 1 amide bonds. The van der Waals surface area contributed by atoms with Crippen LogP contribution in [0.15, 0.2) is 18.2 Å². The summed E-state index contributed by atoms with van der Waals surface area (Å²) in [6.07, 6.45) is 2.25. The Hall–Kier alpha value is -1.24. The summed E-state index contributed by atoms with van der Waals surface area (Å²) < 4.78 is 0. The molecule has 1 unspecified atom stereocenters. The molecule has 1 N–H and O–H groups in total. The predicted octanol–water partition coefficient (Wildman–Crippen LogP) is 2.95. The first-order valence-electron chi connectivity index (χ1n) is 5.73. The summed E-state index contributed by atoms with van der Waals surface area (Å²) in [6, 6.07) is 6.85. The van der Waals surface area contributed by atoms with Crippen LogP contribution in [0.1, 0.15) is 18.4 Å². The molecule has 0 spiro atoms. The van der Waals surface area contributed by atoms with Crippen LogP contribution in [0.5, 0.6) is 0 Å². The van der Waals surface area contributed by atoms with E-state index in [1.165, 1.54) is 0 Å². The largest absolute Gasteiger partial charge is 0.340 e. The lowest BCUT2D eigenvalue weighted by Gasteiger charge is -2.10. The zero-order valence-corrected chi connectivity index (χ0v) is 11.1. The number of carbonyl (C=O) groups excluding carboxylic acids is 1. The lowest BCUT2D eigenvalue weighted by Crippen LogP contribution is -2.36. The highest BCUT2D eigenvalue weighted by molar-refractivity contribution is 6.42. The second kappa shape index (κ2) is 5.60. The molecule has 3 nitrogen and oxygen atoms in total. The van der Waals surface area contributed by atoms with Gasteiger partial charge in [-0.3, -0.25) is 4.79 Å². The van der Waals surface area contributed by atoms with Gasteiger partial charge in [0.05, 0.1) is 22.5 Å². The average Bonchev–Trinajstić information content (AvgIpc) is 3.15. The fourth-order valence-electron chi connectivity index (χ4n) is 1.74. The maximum absolute atomic E-state index is 11.8. The van der Waals surface area contributed by atoms with Gasteiger partial charge in [-0.15, -0.1) is 0 Å². The molecule has 1 saturated carbocycles. The van der Waals surface area contributed by atoms with Crippen LogP contribution in [-0.4, -0.2) is 11.9 Å². The van der Waals surface area contributed by atoms with E-state index < -0.39 is 0 Å². The molecular weight excluding hydrogens is 271 g/mol. The van der Waals surface area contributed by atoms with E-state index in [-0.39, 0.29) is 18.4 Å². The number of hydrogen-bond donors (Lipinski definition) is 1. The Morgan fingerprint density at radius 2 is 2.17 bits per heavy atom. The maximum Gasteiger partial charge on any atom is 0.225 e. The minimum atomic E-state index is -0.361. The Morgan fingerprint density at radius 1 is 1.44 bits per heavy atom. The van der Waals surface area contributed by atoms with E-state index in [2.05, 4.69) is 11.4 Å². The zero-order valence-electron chi connectivity index (χ0n) is 9.62. The Balaban J connectivity index is 1.94. The smallest absolute Gasteiger partial charge is 0.225 e. The van der Waals surface area contributed by atoms with Crippen molar-refractivity contribution in [3.05, 3.63) is 33.8 Å². The first kappa shape index (κ1) is 13.2. The molecule has 1 aromatic carbocycles. The number of hydrogen-bond acceptors (Lipinski definition) is 2. The van der Waals surface area contributed by atoms with Gasteiger partial charge in [0.1, 0.15) is 6.04 Å². The van der Waals surface area contributed by atoms with Gasteiger partial charge < -0.3 is 5.32 Å². The number of rotatable bonds is 4. The van der Waals surface area contributed by atoms with Crippen molar-refractivity contribution >= 4 is 29.1 Å². The van der Waals surface area contributed by atoms with Crippen molar-refractivity contribution < 1.29 is 4.79 Å². The van der Waals surface area contributed by atoms with Crippen LogP contribution in [0.3, 0.4) is 0 Å². The number of nitriles is 1. The van der Waals surface area contributed by atoms with Crippen LogP contribution in [0.2, 0.25) is 10.0 Å². The number of nitrogens with zero attached hydrogens (tertiary/aromatic N) is 1. The summed E-state index contributed by atoms with van der Waals surface area (Å²) in [7, 11) is 0. The van der Waals surface area contributed by atoms with Gasteiger partial charge in [0.2, 0.25) is 5.91 Å². The van der Waals surface area contributed by atoms with E-state index >= 15 is 0 Å². The summed E-state index contributed by atoms with van der Waals surface area (Å²) in [6.45, 7) is 0. The van der Waals surface area contributed by atoms with Gasteiger partial charge >= 0.3 is 0 Å². The highest BCUT2D eigenvalue weighted by atomic mass is 35.5. The first-order chi connectivity index (χ1) is 8.60. The number of halogens is 2. The molecular formula is C13H12Cl2N2O. The van der Waals surface area contributed by atoms with Gasteiger partial charge in [-0.05, 0) is 36.5 Å². The quantitative estimate of drug-likeness (QED) is 0.923. The van der Waals surface area contributed by atoms with E-state index in [4.69, 9.17) is 28.5 Å². The molecule has 0 radical (unpaired) electrons. The Labute approximate surface area is 116 Å². The summed E-state index contributed by atoms with van der Waals surface area (Å²) in [5, 5.41) is 12.6. The molecule has 1 aliphatic rings. The Kier molecular flexibility index (Phi) is 4.11. The van der Waals surface area contributed by atoms with Gasteiger partial charge in [0, 0.05) is 0 Å². The van der Waals surface area contributed by atoms with Gasteiger partial charge in [-0.1, -0.05) is 29.3 Å². The summed E-state index contributed by atoms with van der Waals surface area (Å²) >= 11 is 11.7. The predicted molar refractivity (Wildman–Crippen MR) is 70.4 cm³/mol. The van der Waals surface area contributed by atoms with Gasteiger partial charge in [-0.2, -0.15) is 5.26 Å². The molecule has 0 saturated heterocycles. The minimum absolute atomic E-state index is 0.160. The van der Waals surface area contributed by atoms with E-state index in [1.807, 2.05) is 0 Å². The van der Waals surface area contributed by atoms with Crippen molar-refractivity contribution in [2.45, 2.75) is 25.3 Å². The van der Waals surface area contributed by atoms with E-state index in [1.54, 1.807) is 18.2 Å². The van der Waals surface area contributed by atoms with Crippen LogP contribution in [0.4, 0.5) is 0 Å². The van der Waals surface area contributed by atoms with Gasteiger partial charge in [0.15, 0.2) is 0 Å². The van der Waals surface area contributed by atoms with Gasteiger partial charge in [0.25, 0.3) is 0 Å². The highest BCUT2D eigenvalue weighted by Crippen LogP contribution is 2.32. The fraction of sp³-hybridized carbons (Fsp3) is 0.385. The third kappa shape index (κ3) is 3.38.